The second-order valence-corrected chi connectivity index (χ2v) is 8.39. The van der Waals surface area contributed by atoms with Crippen LogP contribution in [-0.4, -0.2) is 29.5 Å². The second kappa shape index (κ2) is 7.88. The molecule has 0 radical (unpaired) electrons. The second-order valence-electron chi connectivity index (χ2n) is 8.39. The maximum atomic E-state index is 10.1. The lowest BCUT2D eigenvalue weighted by atomic mass is 9.83. The minimum absolute atomic E-state index is 0.0818. The van der Waals surface area contributed by atoms with E-state index in [-0.39, 0.29) is 5.88 Å². The number of nitriles is 1. The van der Waals surface area contributed by atoms with Crippen LogP contribution >= 0.6 is 0 Å². The van der Waals surface area contributed by atoms with E-state index in [0.29, 0.717) is 22.8 Å². The van der Waals surface area contributed by atoms with Gasteiger partial charge in [0.15, 0.2) is 0 Å². The third-order valence-electron chi connectivity index (χ3n) is 6.43. The summed E-state index contributed by atoms with van der Waals surface area (Å²) in [6.45, 7) is 2.08. The number of allylic oxidation sites excluding steroid dienone is 1. The molecule has 1 atom stereocenters. The predicted molar refractivity (Wildman–Crippen MR) is 131 cm³/mol. The third-order valence-corrected chi connectivity index (χ3v) is 6.43. The van der Waals surface area contributed by atoms with Crippen molar-refractivity contribution in [1.29, 1.82) is 5.26 Å². The number of benzene rings is 2. The highest BCUT2D eigenvalue weighted by atomic mass is 16.5. The van der Waals surface area contributed by atoms with Crippen LogP contribution in [0.4, 0.5) is 0 Å². The smallest absolute Gasteiger partial charge is 0.224 e. The predicted octanol–water partition coefficient (Wildman–Crippen LogP) is 3.93. The number of fused-ring (bicyclic) bond motifs is 2. The van der Waals surface area contributed by atoms with Crippen molar-refractivity contribution in [3.05, 3.63) is 89.3 Å². The Kier molecular flexibility index (Phi) is 4.67. The van der Waals surface area contributed by atoms with E-state index in [1.165, 1.54) is 0 Å². The average molecular weight is 463 g/mol. The molecule has 0 aliphatic carbocycles. The van der Waals surface area contributed by atoms with E-state index < -0.39 is 5.92 Å². The standard InChI is InChI=1S/C26H22N8O/c1-3-20-29-12-13-34(20)16-10-8-15(9-11-16)21-18(14-27)25(28)35-26-22(21)24(32-33(26)2)23-17-6-4-5-7-19(17)30-31-23/h4-13,21H,3,28H2,1-2H3,(H,30,31). The van der Waals surface area contributed by atoms with Gasteiger partial charge in [0.05, 0.1) is 17.0 Å². The molecule has 6 rings (SSSR count). The van der Waals surface area contributed by atoms with E-state index in [2.05, 4.69) is 32.7 Å². The summed E-state index contributed by atoms with van der Waals surface area (Å²) >= 11 is 0. The van der Waals surface area contributed by atoms with Crippen molar-refractivity contribution in [3.8, 4) is 29.0 Å². The zero-order chi connectivity index (χ0) is 24.1. The quantitative estimate of drug-likeness (QED) is 0.417. The number of nitrogens with zero attached hydrogens (tertiary/aromatic N) is 6. The molecule has 0 bridgehead atoms. The fraction of sp³-hybridized carbons (Fsp3) is 0.154. The zero-order valence-electron chi connectivity index (χ0n) is 19.2. The lowest BCUT2D eigenvalue weighted by molar-refractivity contribution is 0.358. The van der Waals surface area contributed by atoms with Gasteiger partial charge in [0.25, 0.3) is 0 Å². The van der Waals surface area contributed by atoms with Crippen LogP contribution < -0.4 is 10.5 Å². The molecule has 0 saturated carbocycles. The molecule has 0 saturated heterocycles. The Morgan fingerprint density at radius 3 is 2.71 bits per heavy atom. The maximum absolute atomic E-state index is 10.1. The van der Waals surface area contributed by atoms with Gasteiger partial charge in [0.1, 0.15) is 28.9 Å². The van der Waals surface area contributed by atoms with Crippen LogP contribution in [-0.2, 0) is 13.5 Å². The minimum atomic E-state index is -0.453. The van der Waals surface area contributed by atoms with E-state index in [9.17, 15) is 5.26 Å². The monoisotopic (exact) mass is 462 g/mol. The summed E-state index contributed by atoms with van der Waals surface area (Å²) in [5, 5.41) is 23.4. The van der Waals surface area contributed by atoms with Crippen molar-refractivity contribution < 1.29 is 4.74 Å². The first kappa shape index (κ1) is 20.7. The Morgan fingerprint density at radius 1 is 1.14 bits per heavy atom. The molecule has 0 spiro atoms. The van der Waals surface area contributed by atoms with Gasteiger partial charge >= 0.3 is 0 Å². The van der Waals surface area contributed by atoms with Crippen LogP contribution in [0.5, 0.6) is 5.88 Å². The maximum Gasteiger partial charge on any atom is 0.224 e. The van der Waals surface area contributed by atoms with Crippen LogP contribution in [0, 0.1) is 11.3 Å². The molecule has 172 valence electrons. The number of para-hydroxylation sites is 1. The minimum Gasteiger partial charge on any atom is -0.422 e. The number of hydrogen-bond acceptors (Lipinski definition) is 6. The molecular formula is C26H22N8O. The number of aromatic nitrogens is 6. The normalized spacial score (nSPS) is 15.2. The molecule has 0 amide bonds. The van der Waals surface area contributed by atoms with Crippen molar-refractivity contribution in [2.45, 2.75) is 19.3 Å². The summed E-state index contributed by atoms with van der Waals surface area (Å²) in [5.41, 5.74) is 11.5. The Hall–Kier alpha value is -4.84. The average Bonchev–Trinajstić information content (AvgIpc) is 3.60. The zero-order valence-corrected chi connectivity index (χ0v) is 19.2. The van der Waals surface area contributed by atoms with Crippen LogP contribution in [0.3, 0.4) is 0 Å². The van der Waals surface area contributed by atoms with Gasteiger partial charge in [0.2, 0.25) is 11.8 Å². The number of rotatable bonds is 4. The first-order chi connectivity index (χ1) is 17.1. The Bertz CT molecular complexity index is 1640. The number of aryl methyl sites for hydroxylation is 2. The van der Waals surface area contributed by atoms with Gasteiger partial charge in [-0.3, -0.25) is 5.10 Å². The Balaban J connectivity index is 1.53. The van der Waals surface area contributed by atoms with Crippen LogP contribution in [0.15, 0.2) is 72.4 Å². The molecule has 2 aromatic carbocycles. The number of ether oxygens (including phenoxy) is 1. The van der Waals surface area contributed by atoms with E-state index in [1.54, 1.807) is 17.9 Å². The molecule has 1 aliphatic heterocycles. The summed E-state index contributed by atoms with van der Waals surface area (Å²) in [5.74, 6) is 1.11. The molecule has 5 aromatic rings. The highest BCUT2D eigenvalue weighted by molar-refractivity contribution is 5.93. The molecule has 3 N–H and O–H groups in total. The van der Waals surface area contributed by atoms with Crippen LogP contribution in [0.2, 0.25) is 0 Å². The Morgan fingerprint density at radius 2 is 1.94 bits per heavy atom. The molecule has 1 unspecified atom stereocenters. The summed E-state index contributed by atoms with van der Waals surface area (Å²) < 4.78 is 9.61. The molecule has 9 nitrogen and oxygen atoms in total. The number of imidazole rings is 1. The van der Waals surface area contributed by atoms with Gasteiger partial charge in [-0.05, 0) is 23.8 Å². The van der Waals surface area contributed by atoms with E-state index in [0.717, 1.165) is 40.0 Å². The van der Waals surface area contributed by atoms with Gasteiger partial charge in [-0.25, -0.2) is 9.67 Å². The van der Waals surface area contributed by atoms with Gasteiger partial charge in [-0.2, -0.15) is 15.5 Å². The lowest BCUT2D eigenvalue weighted by Crippen LogP contribution is -2.22. The fourth-order valence-corrected chi connectivity index (χ4v) is 4.78. The highest BCUT2D eigenvalue weighted by Crippen LogP contribution is 2.47. The van der Waals surface area contributed by atoms with Crippen molar-refractivity contribution in [1.82, 2.24) is 29.5 Å². The summed E-state index contributed by atoms with van der Waals surface area (Å²) in [6.07, 6.45) is 4.57. The molecule has 1 aliphatic rings. The molecule has 9 heteroatoms. The molecular weight excluding hydrogens is 440 g/mol. The molecule has 3 aromatic heterocycles. The largest absolute Gasteiger partial charge is 0.422 e. The van der Waals surface area contributed by atoms with E-state index in [1.807, 2.05) is 54.7 Å². The first-order valence-electron chi connectivity index (χ1n) is 11.3. The summed E-state index contributed by atoms with van der Waals surface area (Å²) in [7, 11) is 1.80. The lowest BCUT2D eigenvalue weighted by Gasteiger charge is -2.25. The Labute approximate surface area is 201 Å². The number of hydrogen-bond donors (Lipinski definition) is 2. The molecule has 4 heterocycles. The van der Waals surface area contributed by atoms with Crippen molar-refractivity contribution >= 4 is 10.9 Å². The van der Waals surface area contributed by atoms with Gasteiger partial charge in [-0.15, -0.1) is 0 Å². The van der Waals surface area contributed by atoms with Crippen LogP contribution in [0.1, 0.15) is 29.8 Å². The van der Waals surface area contributed by atoms with Gasteiger partial charge < -0.3 is 15.0 Å². The first-order valence-corrected chi connectivity index (χ1v) is 11.3. The molecule has 0 fully saturated rings. The number of nitrogens with two attached hydrogens (primary N) is 1. The number of nitrogens with one attached hydrogen (secondary N) is 1. The van der Waals surface area contributed by atoms with Crippen molar-refractivity contribution in [2.75, 3.05) is 0 Å². The SMILES string of the molecule is CCc1nccn1-c1ccc(C2C(C#N)=C(N)Oc3c2c(-c2n[nH]c4ccccc24)nn3C)cc1. The van der Waals surface area contributed by atoms with E-state index >= 15 is 0 Å². The fourth-order valence-electron chi connectivity index (χ4n) is 4.78. The molecule has 35 heavy (non-hydrogen) atoms. The van der Waals surface area contributed by atoms with Crippen LogP contribution in [0.25, 0.3) is 28.0 Å². The summed E-state index contributed by atoms with van der Waals surface area (Å²) in [6, 6.07) is 18.2. The number of H-pyrrole nitrogens is 1. The third kappa shape index (κ3) is 3.11. The van der Waals surface area contributed by atoms with Gasteiger partial charge in [-0.1, -0.05) is 37.3 Å². The highest BCUT2D eigenvalue weighted by Gasteiger charge is 2.37. The topological polar surface area (TPSA) is 123 Å². The van der Waals surface area contributed by atoms with Crippen molar-refractivity contribution in [2.24, 2.45) is 12.8 Å². The number of aromatic amines is 1. The summed E-state index contributed by atoms with van der Waals surface area (Å²) in [4.78, 5) is 4.41. The van der Waals surface area contributed by atoms with E-state index in [4.69, 9.17) is 15.6 Å². The van der Waals surface area contributed by atoms with Gasteiger partial charge in [0, 0.05) is 36.9 Å². The van der Waals surface area contributed by atoms with Crippen molar-refractivity contribution in [3.63, 3.8) is 0 Å².